The lowest BCUT2D eigenvalue weighted by Gasteiger charge is -2.16. The van der Waals surface area contributed by atoms with E-state index in [1.807, 2.05) is 0 Å². The van der Waals surface area contributed by atoms with Crippen LogP contribution >= 0.6 is 11.6 Å². The maximum atomic E-state index is 13.6. The Morgan fingerprint density at radius 2 is 1.53 bits per heavy atom. The van der Waals surface area contributed by atoms with Crippen molar-refractivity contribution in [3.63, 3.8) is 0 Å². The summed E-state index contributed by atoms with van der Waals surface area (Å²) >= 11 is 5.79. The van der Waals surface area contributed by atoms with E-state index in [0.29, 0.717) is 12.1 Å². The van der Waals surface area contributed by atoms with Gasteiger partial charge >= 0.3 is 0 Å². The zero-order chi connectivity index (χ0) is 14.2. The van der Waals surface area contributed by atoms with Crippen molar-refractivity contribution in [2.45, 2.75) is 6.04 Å². The van der Waals surface area contributed by atoms with E-state index < -0.39 is 29.3 Å². The van der Waals surface area contributed by atoms with Crippen LogP contribution in [0.3, 0.4) is 0 Å². The standard InChI is InChI=1S/C13H8ClF4N/c14-7-2-1-3-8(15)12(7)13(19)6-4-10(17)11(18)5-9(6)16/h1-5,13H,19H2. The summed E-state index contributed by atoms with van der Waals surface area (Å²) in [7, 11) is 0. The van der Waals surface area contributed by atoms with Crippen molar-refractivity contribution >= 4 is 11.6 Å². The van der Waals surface area contributed by atoms with Gasteiger partial charge in [0.1, 0.15) is 11.6 Å². The summed E-state index contributed by atoms with van der Waals surface area (Å²) in [6.45, 7) is 0. The van der Waals surface area contributed by atoms with E-state index in [9.17, 15) is 17.6 Å². The monoisotopic (exact) mass is 289 g/mol. The summed E-state index contributed by atoms with van der Waals surface area (Å²) in [4.78, 5) is 0. The Hall–Kier alpha value is -1.59. The van der Waals surface area contributed by atoms with Crippen LogP contribution in [0, 0.1) is 23.3 Å². The van der Waals surface area contributed by atoms with Gasteiger partial charge in [-0.05, 0) is 18.2 Å². The average molecular weight is 290 g/mol. The van der Waals surface area contributed by atoms with Crippen molar-refractivity contribution in [2.75, 3.05) is 0 Å². The Morgan fingerprint density at radius 3 is 2.16 bits per heavy atom. The van der Waals surface area contributed by atoms with E-state index in [0.717, 1.165) is 6.07 Å². The van der Waals surface area contributed by atoms with Gasteiger partial charge in [0.2, 0.25) is 0 Å². The van der Waals surface area contributed by atoms with Crippen molar-refractivity contribution in [2.24, 2.45) is 5.73 Å². The van der Waals surface area contributed by atoms with E-state index >= 15 is 0 Å². The molecule has 2 N–H and O–H groups in total. The van der Waals surface area contributed by atoms with Gasteiger partial charge in [-0.2, -0.15) is 0 Å². The topological polar surface area (TPSA) is 26.0 Å². The summed E-state index contributed by atoms with van der Waals surface area (Å²) in [5, 5.41) is -0.0170. The molecule has 100 valence electrons. The Kier molecular flexibility index (Phi) is 3.78. The molecule has 0 aliphatic carbocycles. The van der Waals surface area contributed by atoms with Gasteiger partial charge in [0.05, 0.1) is 6.04 Å². The average Bonchev–Trinajstić information content (AvgIpc) is 2.33. The summed E-state index contributed by atoms with van der Waals surface area (Å²) in [5.41, 5.74) is 5.14. The molecule has 6 heteroatoms. The number of benzene rings is 2. The number of hydrogen-bond donors (Lipinski definition) is 1. The SMILES string of the molecule is NC(c1cc(F)c(F)cc1F)c1c(F)cccc1Cl. The zero-order valence-electron chi connectivity index (χ0n) is 9.43. The van der Waals surface area contributed by atoms with E-state index in [1.54, 1.807) is 0 Å². The van der Waals surface area contributed by atoms with Crippen LogP contribution in [-0.4, -0.2) is 0 Å². The molecule has 0 saturated carbocycles. The number of halogens is 5. The first-order valence-electron chi connectivity index (χ1n) is 5.25. The molecular formula is C13H8ClF4N. The summed E-state index contributed by atoms with van der Waals surface area (Å²) < 4.78 is 53.2. The van der Waals surface area contributed by atoms with Crippen molar-refractivity contribution in [3.8, 4) is 0 Å². The molecule has 0 fully saturated rings. The first kappa shape index (κ1) is 13.8. The molecule has 2 rings (SSSR count). The lowest BCUT2D eigenvalue weighted by atomic mass is 9.98. The number of rotatable bonds is 2. The van der Waals surface area contributed by atoms with Crippen molar-refractivity contribution in [3.05, 3.63) is 69.8 Å². The highest BCUT2D eigenvalue weighted by molar-refractivity contribution is 6.31. The molecule has 0 saturated heterocycles. The normalized spacial score (nSPS) is 12.5. The second-order valence-corrected chi connectivity index (χ2v) is 4.31. The molecular weight excluding hydrogens is 282 g/mol. The van der Waals surface area contributed by atoms with Crippen LogP contribution in [0.1, 0.15) is 17.2 Å². The molecule has 0 aliphatic heterocycles. The molecule has 1 nitrogen and oxygen atoms in total. The van der Waals surface area contributed by atoms with Gasteiger partial charge in [0.15, 0.2) is 11.6 Å². The van der Waals surface area contributed by atoms with Gasteiger partial charge < -0.3 is 5.73 Å². The zero-order valence-corrected chi connectivity index (χ0v) is 10.2. The first-order chi connectivity index (χ1) is 8.91. The highest BCUT2D eigenvalue weighted by atomic mass is 35.5. The lowest BCUT2D eigenvalue weighted by molar-refractivity contribution is 0.486. The van der Waals surface area contributed by atoms with Crippen LogP contribution in [0.4, 0.5) is 17.6 Å². The fourth-order valence-electron chi connectivity index (χ4n) is 1.74. The lowest BCUT2D eigenvalue weighted by Crippen LogP contribution is -2.16. The predicted molar refractivity (Wildman–Crippen MR) is 63.8 cm³/mol. The van der Waals surface area contributed by atoms with Gasteiger partial charge in [-0.15, -0.1) is 0 Å². The highest BCUT2D eigenvalue weighted by Gasteiger charge is 2.22. The van der Waals surface area contributed by atoms with Crippen LogP contribution in [0.2, 0.25) is 5.02 Å². The fraction of sp³-hybridized carbons (Fsp3) is 0.0769. The second kappa shape index (κ2) is 5.19. The third-order valence-electron chi connectivity index (χ3n) is 2.69. The third kappa shape index (κ3) is 2.57. The van der Waals surface area contributed by atoms with Crippen molar-refractivity contribution in [1.29, 1.82) is 0 Å². The molecule has 0 aromatic heterocycles. The summed E-state index contributed by atoms with van der Waals surface area (Å²) in [5.74, 6) is -4.41. The van der Waals surface area contributed by atoms with Crippen LogP contribution in [-0.2, 0) is 0 Å². The van der Waals surface area contributed by atoms with Crippen molar-refractivity contribution in [1.82, 2.24) is 0 Å². The van der Waals surface area contributed by atoms with Gasteiger partial charge in [-0.25, -0.2) is 17.6 Å². The second-order valence-electron chi connectivity index (χ2n) is 3.90. The maximum absolute atomic E-state index is 13.6. The smallest absolute Gasteiger partial charge is 0.161 e. The van der Waals surface area contributed by atoms with Gasteiger partial charge in [0.25, 0.3) is 0 Å². The van der Waals surface area contributed by atoms with E-state index in [1.165, 1.54) is 12.1 Å². The molecule has 0 radical (unpaired) electrons. The van der Waals surface area contributed by atoms with Crippen LogP contribution in [0.5, 0.6) is 0 Å². The Bertz CT molecular complexity index is 610. The molecule has 0 heterocycles. The molecule has 2 aromatic carbocycles. The van der Waals surface area contributed by atoms with Crippen LogP contribution in [0.25, 0.3) is 0 Å². The predicted octanol–water partition coefficient (Wildman–Crippen LogP) is 3.94. The van der Waals surface area contributed by atoms with E-state index in [-0.39, 0.29) is 16.1 Å². The molecule has 19 heavy (non-hydrogen) atoms. The third-order valence-corrected chi connectivity index (χ3v) is 3.01. The van der Waals surface area contributed by atoms with E-state index in [4.69, 9.17) is 17.3 Å². The van der Waals surface area contributed by atoms with Crippen molar-refractivity contribution < 1.29 is 17.6 Å². The van der Waals surface area contributed by atoms with Crippen LogP contribution in [0.15, 0.2) is 30.3 Å². The Labute approximate surface area is 111 Å². The van der Waals surface area contributed by atoms with E-state index in [2.05, 4.69) is 0 Å². The van der Waals surface area contributed by atoms with Gasteiger partial charge in [-0.1, -0.05) is 17.7 Å². The Balaban J connectivity index is 2.56. The fourth-order valence-corrected chi connectivity index (χ4v) is 2.02. The van der Waals surface area contributed by atoms with Crippen LogP contribution < -0.4 is 5.73 Å². The Morgan fingerprint density at radius 1 is 0.895 bits per heavy atom. The summed E-state index contributed by atoms with van der Waals surface area (Å²) in [6.07, 6.45) is 0. The quantitative estimate of drug-likeness (QED) is 0.657. The maximum Gasteiger partial charge on any atom is 0.161 e. The minimum absolute atomic E-state index is 0.0170. The number of nitrogens with two attached hydrogens (primary N) is 1. The molecule has 1 unspecified atom stereocenters. The molecule has 2 aromatic rings. The molecule has 0 amide bonds. The summed E-state index contributed by atoms with van der Waals surface area (Å²) in [6, 6.07) is 3.45. The minimum atomic E-state index is -1.34. The molecule has 0 aliphatic rings. The number of hydrogen-bond acceptors (Lipinski definition) is 1. The van der Waals surface area contributed by atoms with Gasteiger partial charge in [0, 0.05) is 22.2 Å². The first-order valence-corrected chi connectivity index (χ1v) is 5.63. The molecule has 0 bridgehead atoms. The molecule has 0 spiro atoms. The largest absolute Gasteiger partial charge is 0.320 e. The minimum Gasteiger partial charge on any atom is -0.320 e. The highest BCUT2D eigenvalue weighted by Crippen LogP contribution is 2.30. The van der Waals surface area contributed by atoms with Gasteiger partial charge in [-0.3, -0.25) is 0 Å². The molecule has 1 atom stereocenters.